The number of nitrogens with zero attached hydrogens (tertiary/aromatic N) is 1. The van der Waals surface area contributed by atoms with Gasteiger partial charge in [-0.15, -0.1) is 0 Å². The lowest BCUT2D eigenvalue weighted by Crippen LogP contribution is -2.34. The Labute approximate surface area is 205 Å². The predicted molar refractivity (Wildman–Crippen MR) is 128 cm³/mol. The van der Waals surface area contributed by atoms with Crippen molar-refractivity contribution in [1.29, 1.82) is 0 Å². The largest absolute Gasteiger partial charge is 0.488 e. The zero-order valence-electron chi connectivity index (χ0n) is 17.7. The van der Waals surface area contributed by atoms with Gasteiger partial charge in [-0.1, -0.05) is 41.4 Å². The molecule has 2 amide bonds. The van der Waals surface area contributed by atoms with E-state index >= 15 is 0 Å². The number of nitrogens with one attached hydrogen (secondary N) is 2. The van der Waals surface area contributed by atoms with Gasteiger partial charge in [-0.2, -0.15) is 5.10 Å². The van der Waals surface area contributed by atoms with Crippen LogP contribution in [-0.4, -0.2) is 31.4 Å². The van der Waals surface area contributed by atoms with E-state index in [4.69, 9.17) is 37.4 Å². The van der Waals surface area contributed by atoms with E-state index in [1.807, 2.05) is 12.1 Å². The van der Waals surface area contributed by atoms with Gasteiger partial charge in [0.05, 0.1) is 12.8 Å². The highest BCUT2D eigenvalue weighted by atomic mass is 35.5. The Hall–Kier alpha value is -3.75. The molecular weight excluding hydrogens is 481 g/mol. The van der Waals surface area contributed by atoms with Gasteiger partial charge in [-0.3, -0.25) is 9.59 Å². The van der Waals surface area contributed by atoms with Crippen molar-refractivity contribution in [2.45, 2.75) is 6.61 Å². The highest BCUT2D eigenvalue weighted by Crippen LogP contribution is 2.32. The zero-order chi connectivity index (χ0) is 23.9. The maximum atomic E-state index is 12.3. The molecule has 1 aliphatic rings. The molecule has 0 unspecified atom stereocenters. The Morgan fingerprint density at radius 2 is 1.85 bits per heavy atom. The van der Waals surface area contributed by atoms with Gasteiger partial charge >= 0.3 is 0 Å². The fourth-order valence-corrected chi connectivity index (χ4v) is 3.49. The molecule has 0 spiro atoms. The summed E-state index contributed by atoms with van der Waals surface area (Å²) < 4.78 is 16.3. The third-order valence-electron chi connectivity index (χ3n) is 4.75. The molecule has 10 heteroatoms. The number of halogens is 2. The van der Waals surface area contributed by atoms with Gasteiger partial charge in [0.2, 0.25) is 6.79 Å². The maximum Gasteiger partial charge on any atom is 0.259 e. The van der Waals surface area contributed by atoms with E-state index in [2.05, 4.69) is 15.8 Å². The van der Waals surface area contributed by atoms with Crippen molar-refractivity contribution in [3.8, 4) is 17.2 Å². The van der Waals surface area contributed by atoms with Crippen LogP contribution in [-0.2, 0) is 11.4 Å². The van der Waals surface area contributed by atoms with E-state index in [0.29, 0.717) is 38.4 Å². The van der Waals surface area contributed by atoms with Crippen LogP contribution in [0.15, 0.2) is 65.8 Å². The number of hydrogen-bond donors (Lipinski definition) is 2. The van der Waals surface area contributed by atoms with Gasteiger partial charge < -0.3 is 19.5 Å². The molecule has 0 saturated heterocycles. The van der Waals surface area contributed by atoms with Crippen molar-refractivity contribution < 1.29 is 23.8 Å². The summed E-state index contributed by atoms with van der Waals surface area (Å²) in [6, 6.07) is 17.2. The molecular formula is C24H19Cl2N3O5. The summed E-state index contributed by atoms with van der Waals surface area (Å²) in [6.45, 7) is 0.0980. The average Bonchev–Trinajstić information content (AvgIpc) is 3.31. The predicted octanol–water partition coefficient (Wildman–Crippen LogP) is 4.18. The van der Waals surface area contributed by atoms with Gasteiger partial charge in [0.1, 0.15) is 12.4 Å². The first-order valence-electron chi connectivity index (χ1n) is 10.1. The monoisotopic (exact) mass is 499 g/mol. The number of rotatable bonds is 8. The van der Waals surface area contributed by atoms with Crippen LogP contribution in [0.2, 0.25) is 10.0 Å². The second kappa shape index (κ2) is 10.9. The molecule has 174 valence electrons. The molecule has 3 aromatic carbocycles. The van der Waals surface area contributed by atoms with Crippen LogP contribution in [0.25, 0.3) is 0 Å². The third kappa shape index (κ3) is 5.98. The van der Waals surface area contributed by atoms with Gasteiger partial charge in [0.15, 0.2) is 11.5 Å². The molecule has 0 aliphatic carbocycles. The second-order valence-electron chi connectivity index (χ2n) is 7.11. The molecule has 8 nitrogen and oxygen atoms in total. The SMILES string of the molecule is O=C(CNC(=O)c1ccc2c(c1)OCO2)NN=Cc1ccccc1OCc1ccc(Cl)cc1Cl. The van der Waals surface area contributed by atoms with E-state index < -0.39 is 11.8 Å². The van der Waals surface area contributed by atoms with Crippen LogP contribution < -0.4 is 25.0 Å². The summed E-state index contributed by atoms with van der Waals surface area (Å²) in [4.78, 5) is 24.3. The molecule has 0 aromatic heterocycles. The number of para-hydroxylation sites is 1. The molecule has 1 heterocycles. The van der Waals surface area contributed by atoms with Crippen LogP contribution in [0.1, 0.15) is 21.5 Å². The number of benzene rings is 3. The Kier molecular flexibility index (Phi) is 7.51. The van der Waals surface area contributed by atoms with Crippen LogP contribution in [0, 0.1) is 0 Å². The Morgan fingerprint density at radius 3 is 2.71 bits per heavy atom. The molecule has 0 atom stereocenters. The second-order valence-corrected chi connectivity index (χ2v) is 7.95. The lowest BCUT2D eigenvalue weighted by Gasteiger charge is -2.10. The standard InChI is InChI=1S/C24H19Cl2N3O5/c25-18-7-5-17(19(26)10-18)13-32-20-4-2-1-3-16(20)11-28-29-23(30)12-27-24(31)15-6-8-21-22(9-15)34-14-33-21/h1-11H,12-14H2,(H,27,31)(H,29,30). The number of fused-ring (bicyclic) bond motifs is 1. The number of hydrogen-bond acceptors (Lipinski definition) is 6. The molecule has 1 aliphatic heterocycles. The smallest absolute Gasteiger partial charge is 0.259 e. The van der Waals surface area contributed by atoms with E-state index in [9.17, 15) is 9.59 Å². The van der Waals surface area contributed by atoms with Gasteiger partial charge in [0, 0.05) is 26.7 Å². The number of ether oxygens (including phenoxy) is 3. The van der Waals surface area contributed by atoms with Crippen molar-refractivity contribution in [1.82, 2.24) is 10.7 Å². The lowest BCUT2D eigenvalue weighted by atomic mass is 10.2. The first-order valence-corrected chi connectivity index (χ1v) is 10.9. The van der Waals surface area contributed by atoms with Crippen molar-refractivity contribution in [3.05, 3.63) is 87.4 Å². The van der Waals surface area contributed by atoms with E-state index in [0.717, 1.165) is 5.56 Å². The number of amides is 2. The highest BCUT2D eigenvalue weighted by molar-refractivity contribution is 6.35. The Morgan fingerprint density at radius 1 is 1.03 bits per heavy atom. The van der Waals surface area contributed by atoms with Crippen LogP contribution in [0.4, 0.5) is 0 Å². The first kappa shape index (κ1) is 23.4. The molecule has 4 rings (SSSR count). The lowest BCUT2D eigenvalue weighted by molar-refractivity contribution is -0.120. The molecule has 0 radical (unpaired) electrons. The van der Waals surface area contributed by atoms with Crippen molar-refractivity contribution in [2.75, 3.05) is 13.3 Å². The van der Waals surface area contributed by atoms with Crippen molar-refractivity contribution in [2.24, 2.45) is 5.10 Å². The molecule has 0 fully saturated rings. The van der Waals surface area contributed by atoms with E-state index in [1.54, 1.807) is 48.5 Å². The zero-order valence-corrected chi connectivity index (χ0v) is 19.2. The normalized spacial score (nSPS) is 11.9. The quantitative estimate of drug-likeness (QED) is 0.357. The van der Waals surface area contributed by atoms with Gasteiger partial charge in [-0.05, 0) is 42.5 Å². The van der Waals surface area contributed by atoms with Crippen LogP contribution >= 0.6 is 23.2 Å². The molecule has 2 N–H and O–H groups in total. The highest BCUT2D eigenvalue weighted by Gasteiger charge is 2.16. The number of hydrazone groups is 1. The van der Waals surface area contributed by atoms with E-state index in [1.165, 1.54) is 6.21 Å². The molecule has 34 heavy (non-hydrogen) atoms. The van der Waals surface area contributed by atoms with Crippen molar-refractivity contribution >= 4 is 41.2 Å². The van der Waals surface area contributed by atoms with Crippen LogP contribution in [0.5, 0.6) is 17.2 Å². The average molecular weight is 500 g/mol. The Balaban J connectivity index is 1.28. The summed E-state index contributed by atoms with van der Waals surface area (Å²) in [5.74, 6) is 0.710. The first-order chi connectivity index (χ1) is 16.5. The van der Waals surface area contributed by atoms with Crippen LogP contribution in [0.3, 0.4) is 0 Å². The summed E-state index contributed by atoms with van der Waals surface area (Å²) >= 11 is 12.1. The summed E-state index contributed by atoms with van der Waals surface area (Å²) in [5.41, 5.74) is 4.16. The molecule has 0 saturated carbocycles. The Bertz CT molecular complexity index is 1250. The number of carbonyl (C=O) groups is 2. The van der Waals surface area contributed by atoms with E-state index in [-0.39, 0.29) is 19.9 Å². The van der Waals surface area contributed by atoms with Gasteiger partial charge in [-0.25, -0.2) is 5.43 Å². The minimum atomic E-state index is -0.489. The molecule has 0 bridgehead atoms. The van der Waals surface area contributed by atoms with Crippen molar-refractivity contribution in [3.63, 3.8) is 0 Å². The summed E-state index contributed by atoms with van der Waals surface area (Å²) in [7, 11) is 0. The fraction of sp³-hybridized carbons (Fsp3) is 0.125. The third-order valence-corrected chi connectivity index (χ3v) is 5.34. The summed E-state index contributed by atoms with van der Waals surface area (Å²) in [6.07, 6.45) is 1.45. The fourth-order valence-electron chi connectivity index (χ4n) is 3.03. The maximum absolute atomic E-state index is 12.3. The van der Waals surface area contributed by atoms with Gasteiger partial charge in [0.25, 0.3) is 11.8 Å². The minimum absolute atomic E-state index is 0.115. The summed E-state index contributed by atoms with van der Waals surface area (Å²) in [5, 5.41) is 7.53. The molecule has 3 aromatic rings. The minimum Gasteiger partial charge on any atom is -0.488 e. The number of carbonyl (C=O) groups excluding carboxylic acids is 2. The topological polar surface area (TPSA) is 98.3 Å².